The van der Waals surface area contributed by atoms with Crippen LogP contribution in [0.5, 0.6) is 11.5 Å². The lowest BCUT2D eigenvalue weighted by molar-refractivity contribution is 0.172. The van der Waals surface area contributed by atoms with E-state index in [1.807, 2.05) is 6.92 Å². The minimum atomic E-state index is -3.84. The van der Waals surface area contributed by atoms with Gasteiger partial charge >= 0.3 is 6.09 Å². The highest BCUT2D eigenvalue weighted by Gasteiger charge is 2.19. The first-order chi connectivity index (χ1) is 11.7. The third-order valence-electron chi connectivity index (χ3n) is 3.32. The first-order valence-electron chi connectivity index (χ1n) is 7.39. The number of nitrogens with one attached hydrogen (secondary N) is 1. The zero-order valence-corrected chi connectivity index (χ0v) is 15.3. The van der Waals surface area contributed by atoms with Crippen LogP contribution >= 0.6 is 0 Å². The topological polar surface area (TPSA) is 84.9 Å². The molecule has 0 heterocycles. The van der Waals surface area contributed by atoms with Crippen molar-refractivity contribution in [3.63, 3.8) is 0 Å². The van der Waals surface area contributed by atoms with Crippen LogP contribution in [0.3, 0.4) is 0 Å². The number of carbonyl (C=O) groups excluding carboxylic acids is 1. The summed E-state index contributed by atoms with van der Waals surface area (Å²) >= 11 is 0. The molecular weight excluding hydrogens is 344 g/mol. The molecule has 2 rings (SSSR count). The Hall–Kier alpha value is -2.74. The number of hydrogen-bond acceptors (Lipinski definition) is 5. The van der Waals surface area contributed by atoms with E-state index in [0.717, 1.165) is 5.56 Å². The fourth-order valence-corrected chi connectivity index (χ4v) is 2.97. The third kappa shape index (κ3) is 4.63. The Morgan fingerprint density at radius 1 is 1.08 bits per heavy atom. The number of nitrogens with zero attached hydrogens (tertiary/aromatic N) is 1. The van der Waals surface area contributed by atoms with Crippen LogP contribution < -0.4 is 14.2 Å². The summed E-state index contributed by atoms with van der Waals surface area (Å²) in [5.74, 6) is 0.501. The van der Waals surface area contributed by atoms with Crippen molar-refractivity contribution < 1.29 is 22.7 Å². The zero-order valence-electron chi connectivity index (χ0n) is 14.4. The predicted octanol–water partition coefficient (Wildman–Crippen LogP) is 2.86. The lowest BCUT2D eigenvalue weighted by Crippen LogP contribution is -2.26. The van der Waals surface area contributed by atoms with E-state index in [1.54, 1.807) is 18.2 Å². The molecule has 0 aliphatic carbocycles. The van der Waals surface area contributed by atoms with Crippen LogP contribution in [0.1, 0.15) is 5.56 Å². The second-order valence-electron chi connectivity index (χ2n) is 5.54. The average molecular weight is 364 g/mol. The number of ether oxygens (including phenoxy) is 2. The molecule has 0 unspecified atom stereocenters. The monoisotopic (exact) mass is 364 g/mol. The molecule has 134 valence electrons. The Morgan fingerprint density at radius 3 is 2.28 bits per heavy atom. The summed E-state index contributed by atoms with van der Waals surface area (Å²) in [6.45, 7) is 1.87. The maximum absolute atomic E-state index is 12.6. The molecule has 8 heteroatoms. The third-order valence-corrected chi connectivity index (χ3v) is 4.71. The van der Waals surface area contributed by atoms with Crippen LogP contribution in [0.15, 0.2) is 47.4 Å². The molecule has 0 bridgehead atoms. The highest BCUT2D eigenvalue weighted by atomic mass is 32.2. The molecule has 25 heavy (non-hydrogen) atoms. The van der Waals surface area contributed by atoms with Crippen LogP contribution in [-0.4, -0.2) is 40.6 Å². The SMILES string of the molecule is COc1ccc(OC(=O)N(C)C)c(NS(=O)(=O)c2ccc(C)cc2)c1. The maximum atomic E-state index is 12.6. The summed E-state index contributed by atoms with van der Waals surface area (Å²) in [5, 5.41) is 0. The van der Waals surface area contributed by atoms with E-state index < -0.39 is 16.1 Å². The van der Waals surface area contributed by atoms with Gasteiger partial charge in [-0.2, -0.15) is 0 Å². The van der Waals surface area contributed by atoms with Gasteiger partial charge in [-0.25, -0.2) is 13.2 Å². The normalized spacial score (nSPS) is 10.9. The first kappa shape index (κ1) is 18.6. The molecular formula is C17H20N2O5S. The van der Waals surface area contributed by atoms with E-state index in [0.29, 0.717) is 5.75 Å². The fraction of sp³-hybridized carbons (Fsp3) is 0.235. The number of anilines is 1. The highest BCUT2D eigenvalue weighted by Crippen LogP contribution is 2.31. The number of amides is 1. The fourth-order valence-electron chi connectivity index (χ4n) is 1.91. The van der Waals surface area contributed by atoms with Crippen molar-refractivity contribution in [1.29, 1.82) is 0 Å². The van der Waals surface area contributed by atoms with Crippen molar-refractivity contribution in [1.82, 2.24) is 4.90 Å². The molecule has 0 saturated carbocycles. The maximum Gasteiger partial charge on any atom is 0.414 e. The summed E-state index contributed by atoms with van der Waals surface area (Å²) in [7, 11) is 0.673. The van der Waals surface area contributed by atoms with E-state index in [-0.39, 0.29) is 16.3 Å². The van der Waals surface area contributed by atoms with E-state index in [4.69, 9.17) is 9.47 Å². The molecule has 0 aliphatic rings. The van der Waals surface area contributed by atoms with Gasteiger partial charge < -0.3 is 14.4 Å². The van der Waals surface area contributed by atoms with Crippen molar-refractivity contribution in [2.45, 2.75) is 11.8 Å². The molecule has 2 aromatic carbocycles. The van der Waals surface area contributed by atoms with Crippen molar-refractivity contribution >= 4 is 21.8 Å². The Balaban J connectivity index is 2.38. The standard InChI is InChI=1S/C17H20N2O5S/c1-12-5-8-14(9-6-12)25(21,22)18-15-11-13(23-4)7-10-16(15)24-17(20)19(2)3/h5-11,18H,1-4H3. The zero-order chi connectivity index (χ0) is 18.6. The summed E-state index contributed by atoms with van der Waals surface area (Å²) in [6, 6.07) is 10.9. The Labute approximate surface area is 147 Å². The van der Waals surface area contributed by atoms with Crippen molar-refractivity contribution in [3.05, 3.63) is 48.0 Å². The van der Waals surface area contributed by atoms with Gasteiger partial charge in [0.25, 0.3) is 10.0 Å². The molecule has 0 saturated heterocycles. The minimum absolute atomic E-state index is 0.0789. The van der Waals surface area contributed by atoms with Gasteiger partial charge in [0.15, 0.2) is 5.75 Å². The van der Waals surface area contributed by atoms with E-state index in [9.17, 15) is 13.2 Å². The molecule has 1 N–H and O–H groups in total. The number of benzene rings is 2. The molecule has 0 aliphatic heterocycles. The summed E-state index contributed by atoms with van der Waals surface area (Å²) in [4.78, 5) is 13.1. The Morgan fingerprint density at radius 2 is 1.72 bits per heavy atom. The Kier molecular flexibility index (Phi) is 5.53. The molecule has 0 atom stereocenters. The summed E-state index contributed by atoms with van der Waals surface area (Å²) in [6.07, 6.45) is -0.624. The van der Waals surface area contributed by atoms with Crippen LogP contribution in [-0.2, 0) is 10.0 Å². The van der Waals surface area contributed by atoms with Crippen molar-refractivity contribution in [2.24, 2.45) is 0 Å². The molecule has 0 radical (unpaired) electrons. The minimum Gasteiger partial charge on any atom is -0.497 e. The lowest BCUT2D eigenvalue weighted by Gasteiger charge is -2.16. The van der Waals surface area contributed by atoms with Gasteiger partial charge in [0.05, 0.1) is 17.7 Å². The molecule has 1 amide bonds. The molecule has 0 fully saturated rings. The van der Waals surface area contributed by atoms with Gasteiger partial charge in [0, 0.05) is 20.2 Å². The van der Waals surface area contributed by atoms with Gasteiger partial charge in [0.2, 0.25) is 0 Å². The van der Waals surface area contributed by atoms with E-state index in [1.165, 1.54) is 50.4 Å². The van der Waals surface area contributed by atoms with Crippen LogP contribution in [0.4, 0.5) is 10.5 Å². The number of carbonyl (C=O) groups is 1. The number of aryl methyl sites for hydroxylation is 1. The molecule has 7 nitrogen and oxygen atoms in total. The largest absolute Gasteiger partial charge is 0.497 e. The van der Waals surface area contributed by atoms with Crippen LogP contribution in [0.25, 0.3) is 0 Å². The Bertz CT molecular complexity index is 861. The number of rotatable bonds is 5. The van der Waals surface area contributed by atoms with Crippen LogP contribution in [0.2, 0.25) is 0 Å². The molecule has 2 aromatic rings. The van der Waals surface area contributed by atoms with E-state index in [2.05, 4.69) is 4.72 Å². The molecule has 0 spiro atoms. The second-order valence-corrected chi connectivity index (χ2v) is 7.23. The quantitative estimate of drug-likeness (QED) is 0.882. The lowest BCUT2D eigenvalue weighted by atomic mass is 10.2. The van der Waals surface area contributed by atoms with Crippen molar-refractivity contribution in [3.8, 4) is 11.5 Å². The number of hydrogen-bond donors (Lipinski definition) is 1. The number of methoxy groups -OCH3 is 1. The smallest absolute Gasteiger partial charge is 0.414 e. The highest BCUT2D eigenvalue weighted by molar-refractivity contribution is 7.92. The van der Waals surface area contributed by atoms with Crippen LogP contribution in [0, 0.1) is 6.92 Å². The van der Waals surface area contributed by atoms with Gasteiger partial charge in [-0.1, -0.05) is 17.7 Å². The summed E-state index contributed by atoms with van der Waals surface area (Å²) in [5.41, 5.74) is 1.05. The molecule has 0 aromatic heterocycles. The van der Waals surface area contributed by atoms with Gasteiger partial charge in [0.1, 0.15) is 5.75 Å². The predicted molar refractivity (Wildman–Crippen MR) is 94.7 cm³/mol. The van der Waals surface area contributed by atoms with Gasteiger partial charge in [-0.15, -0.1) is 0 Å². The van der Waals surface area contributed by atoms with Crippen molar-refractivity contribution in [2.75, 3.05) is 25.9 Å². The average Bonchev–Trinajstić information content (AvgIpc) is 2.56. The first-order valence-corrected chi connectivity index (χ1v) is 8.88. The van der Waals surface area contributed by atoms with E-state index >= 15 is 0 Å². The van der Waals surface area contributed by atoms with Gasteiger partial charge in [-0.3, -0.25) is 4.72 Å². The van der Waals surface area contributed by atoms with Gasteiger partial charge in [-0.05, 0) is 31.2 Å². The second kappa shape index (κ2) is 7.43. The summed E-state index contributed by atoms with van der Waals surface area (Å²) < 4.78 is 37.9. The number of sulfonamides is 1.